The number of aromatic nitrogens is 3. The van der Waals surface area contributed by atoms with Crippen molar-refractivity contribution in [1.82, 2.24) is 20.3 Å². The fourth-order valence-corrected chi connectivity index (χ4v) is 4.66. The van der Waals surface area contributed by atoms with Gasteiger partial charge in [0.25, 0.3) is 0 Å². The molecule has 7 nitrogen and oxygen atoms in total. The van der Waals surface area contributed by atoms with Crippen LogP contribution in [0.2, 0.25) is 0 Å². The molecule has 2 aliphatic rings. The van der Waals surface area contributed by atoms with Crippen LogP contribution in [0.25, 0.3) is 33.4 Å². The summed E-state index contributed by atoms with van der Waals surface area (Å²) in [5.41, 5.74) is 2.46. The lowest BCUT2D eigenvalue weighted by Gasteiger charge is -2.30. The topological polar surface area (TPSA) is 87.3 Å². The molecule has 4 heterocycles. The Morgan fingerprint density at radius 3 is 2.69 bits per heavy atom. The number of fused-ring (bicyclic) bond motifs is 2. The molecule has 1 aromatic carbocycles. The van der Waals surface area contributed by atoms with Crippen LogP contribution in [0.3, 0.4) is 0 Å². The first-order valence-corrected chi connectivity index (χ1v) is 11.1. The lowest BCUT2D eigenvalue weighted by molar-refractivity contribution is 0.311. The third-order valence-corrected chi connectivity index (χ3v) is 6.60. The number of benzene rings is 1. The van der Waals surface area contributed by atoms with E-state index >= 15 is 0 Å². The zero-order valence-electron chi connectivity index (χ0n) is 17.8. The minimum absolute atomic E-state index is 0.0200. The summed E-state index contributed by atoms with van der Waals surface area (Å²) in [6, 6.07) is 10.3. The number of rotatable bonds is 4. The number of phenols is 1. The third kappa shape index (κ3) is 3.26. The number of hydrogen-bond acceptors (Lipinski definition) is 7. The van der Waals surface area contributed by atoms with Gasteiger partial charge in [0.2, 0.25) is 0 Å². The van der Waals surface area contributed by atoms with Crippen molar-refractivity contribution in [3.63, 3.8) is 0 Å². The molecule has 3 aromatic heterocycles. The van der Waals surface area contributed by atoms with Crippen molar-refractivity contribution < 1.29 is 13.9 Å². The maximum absolute atomic E-state index is 14.6. The molecule has 2 N–H and O–H groups in total. The molecule has 1 saturated heterocycles. The molecule has 8 heteroatoms. The molecule has 1 saturated carbocycles. The van der Waals surface area contributed by atoms with Gasteiger partial charge in [0.05, 0.1) is 16.7 Å². The monoisotopic (exact) mass is 433 g/mol. The Labute approximate surface area is 184 Å². The number of aromatic hydroxyl groups is 1. The highest BCUT2D eigenvalue weighted by Crippen LogP contribution is 2.36. The van der Waals surface area contributed by atoms with E-state index in [1.165, 1.54) is 19.3 Å². The van der Waals surface area contributed by atoms with Gasteiger partial charge >= 0.3 is 0 Å². The first-order valence-electron chi connectivity index (χ1n) is 11.1. The Bertz CT molecular complexity index is 1330. The van der Waals surface area contributed by atoms with Crippen LogP contribution in [0.4, 0.5) is 10.2 Å². The third-order valence-electron chi connectivity index (χ3n) is 6.60. The number of nitrogens with one attached hydrogen (secondary N) is 1. The van der Waals surface area contributed by atoms with Crippen molar-refractivity contribution in [2.75, 3.05) is 18.0 Å². The summed E-state index contributed by atoms with van der Waals surface area (Å²) in [5.74, 6) is -0.00351. The summed E-state index contributed by atoms with van der Waals surface area (Å²) in [4.78, 5) is 15.7. The number of phenolic OH excluding ortho intramolecular Hbond substituents is 1. The van der Waals surface area contributed by atoms with Crippen LogP contribution in [0.15, 0.2) is 34.7 Å². The van der Waals surface area contributed by atoms with Gasteiger partial charge in [0, 0.05) is 37.7 Å². The predicted molar refractivity (Wildman–Crippen MR) is 120 cm³/mol. The van der Waals surface area contributed by atoms with Crippen LogP contribution in [0.1, 0.15) is 31.6 Å². The highest BCUT2D eigenvalue weighted by atomic mass is 19.1. The van der Waals surface area contributed by atoms with E-state index in [0.717, 1.165) is 30.8 Å². The van der Waals surface area contributed by atoms with E-state index in [1.807, 2.05) is 18.2 Å². The number of pyridine rings is 2. The first-order chi connectivity index (χ1) is 15.5. The average molecular weight is 433 g/mol. The lowest BCUT2D eigenvalue weighted by Crippen LogP contribution is -2.43. The predicted octanol–water partition coefficient (Wildman–Crippen LogP) is 4.31. The molecule has 1 aliphatic carbocycles. The van der Waals surface area contributed by atoms with E-state index in [4.69, 9.17) is 9.40 Å². The Morgan fingerprint density at radius 2 is 1.88 bits per heavy atom. The summed E-state index contributed by atoms with van der Waals surface area (Å²) in [6.45, 7) is 3.59. The number of hydrogen-bond donors (Lipinski definition) is 2. The summed E-state index contributed by atoms with van der Waals surface area (Å²) < 4.78 is 20.1. The van der Waals surface area contributed by atoms with Gasteiger partial charge in [0.15, 0.2) is 23.0 Å². The number of aryl methyl sites for hydroxylation is 1. The van der Waals surface area contributed by atoms with Crippen LogP contribution in [0.5, 0.6) is 5.75 Å². The van der Waals surface area contributed by atoms with E-state index in [9.17, 15) is 9.50 Å². The van der Waals surface area contributed by atoms with Crippen molar-refractivity contribution in [3.05, 3.63) is 42.0 Å². The van der Waals surface area contributed by atoms with Crippen molar-refractivity contribution >= 4 is 28.0 Å². The van der Waals surface area contributed by atoms with Crippen molar-refractivity contribution in [1.29, 1.82) is 0 Å². The SMILES string of the molecule is Cc1nc2c(F)c(O)c(-c3ccc4nc(N5CC[C@@H](NC6CCC6)C5)ccc4n3)cc2o1. The van der Waals surface area contributed by atoms with Gasteiger partial charge in [-0.2, -0.15) is 0 Å². The molecule has 4 aromatic rings. The first kappa shape index (κ1) is 19.4. The fraction of sp³-hybridized carbons (Fsp3) is 0.375. The molecule has 6 rings (SSSR count). The second-order valence-corrected chi connectivity index (χ2v) is 8.80. The Hall–Kier alpha value is -3.26. The molecule has 0 radical (unpaired) electrons. The van der Waals surface area contributed by atoms with Gasteiger partial charge in [-0.25, -0.2) is 19.3 Å². The second kappa shape index (κ2) is 7.41. The largest absolute Gasteiger partial charge is 0.504 e. The average Bonchev–Trinajstić information content (AvgIpc) is 3.39. The number of anilines is 1. The Morgan fingerprint density at radius 1 is 1.06 bits per heavy atom. The van der Waals surface area contributed by atoms with Crippen LogP contribution in [-0.4, -0.2) is 45.2 Å². The highest BCUT2D eigenvalue weighted by Gasteiger charge is 2.28. The zero-order valence-corrected chi connectivity index (χ0v) is 17.8. The summed E-state index contributed by atoms with van der Waals surface area (Å²) in [5, 5.41) is 14.2. The molecule has 0 amide bonds. The Balaban J connectivity index is 1.29. The minimum atomic E-state index is -0.802. The van der Waals surface area contributed by atoms with Crippen molar-refractivity contribution in [3.8, 4) is 17.0 Å². The van der Waals surface area contributed by atoms with E-state index < -0.39 is 11.6 Å². The van der Waals surface area contributed by atoms with Gasteiger partial charge in [-0.1, -0.05) is 6.42 Å². The normalized spacial score (nSPS) is 19.2. The van der Waals surface area contributed by atoms with Crippen molar-refractivity contribution in [2.24, 2.45) is 0 Å². The molecule has 0 spiro atoms. The Kier molecular flexibility index (Phi) is 4.50. The van der Waals surface area contributed by atoms with Gasteiger partial charge in [0.1, 0.15) is 11.3 Å². The number of oxazole rings is 1. The number of halogens is 1. The molecule has 164 valence electrons. The molecule has 1 atom stereocenters. The highest BCUT2D eigenvalue weighted by molar-refractivity contribution is 5.87. The van der Waals surface area contributed by atoms with E-state index in [1.54, 1.807) is 19.1 Å². The maximum atomic E-state index is 14.6. The van der Waals surface area contributed by atoms with Gasteiger partial charge in [-0.15, -0.1) is 0 Å². The maximum Gasteiger partial charge on any atom is 0.195 e. The van der Waals surface area contributed by atoms with E-state index in [2.05, 4.69) is 20.2 Å². The molecule has 0 unspecified atom stereocenters. The van der Waals surface area contributed by atoms with Crippen LogP contribution in [0, 0.1) is 12.7 Å². The van der Waals surface area contributed by atoms with Crippen molar-refractivity contribution in [2.45, 2.75) is 44.7 Å². The zero-order chi connectivity index (χ0) is 21.8. The summed E-state index contributed by atoms with van der Waals surface area (Å²) >= 11 is 0. The van der Waals surface area contributed by atoms with E-state index in [-0.39, 0.29) is 16.7 Å². The summed E-state index contributed by atoms with van der Waals surface area (Å²) in [7, 11) is 0. The second-order valence-electron chi connectivity index (χ2n) is 8.80. The molecule has 0 bridgehead atoms. The van der Waals surface area contributed by atoms with Crippen LogP contribution < -0.4 is 10.2 Å². The van der Waals surface area contributed by atoms with Gasteiger partial charge in [-0.05, 0) is 49.6 Å². The standard InChI is InChI=1S/C24H24FN5O2/c1-13-26-23-20(32-13)11-16(24(31)22(23)25)17-5-6-19-18(28-17)7-8-21(29-19)30-10-9-15(12-30)27-14-3-2-4-14/h5-8,11,14-15,27,31H,2-4,9-10,12H2,1H3/t15-/m1/s1. The minimum Gasteiger partial charge on any atom is -0.504 e. The van der Waals surface area contributed by atoms with Gasteiger partial charge < -0.3 is 19.7 Å². The summed E-state index contributed by atoms with van der Waals surface area (Å²) in [6.07, 6.45) is 5.05. The van der Waals surface area contributed by atoms with Crippen LogP contribution >= 0.6 is 0 Å². The van der Waals surface area contributed by atoms with Gasteiger partial charge in [-0.3, -0.25) is 0 Å². The number of nitrogens with zero attached hydrogens (tertiary/aromatic N) is 4. The molecule has 2 fully saturated rings. The lowest BCUT2D eigenvalue weighted by atomic mass is 9.92. The quantitative estimate of drug-likeness (QED) is 0.496. The van der Waals surface area contributed by atoms with E-state index in [0.29, 0.717) is 29.2 Å². The smallest absolute Gasteiger partial charge is 0.195 e. The fourth-order valence-electron chi connectivity index (χ4n) is 4.66. The van der Waals surface area contributed by atoms with Crippen LogP contribution in [-0.2, 0) is 0 Å². The molecule has 32 heavy (non-hydrogen) atoms. The molecule has 1 aliphatic heterocycles. The molecular weight excluding hydrogens is 409 g/mol. The molecular formula is C24H24FN5O2.